The third kappa shape index (κ3) is 3.49. The number of nitrogens with two attached hydrogens (primary N) is 1. The van der Waals surface area contributed by atoms with Gasteiger partial charge >= 0.3 is 0 Å². The number of imidazole rings is 1. The number of nitrogens with one attached hydrogen (secondary N) is 1. The number of aliphatic imine (C=N–C) groups is 1. The molecule has 3 N–H and O–H groups in total. The van der Waals surface area contributed by atoms with Crippen LogP contribution in [0.2, 0.25) is 0 Å². The minimum atomic E-state index is -0.221. The van der Waals surface area contributed by atoms with Crippen LogP contribution < -0.4 is 11.2 Å². The maximum atomic E-state index is 11.4. The Labute approximate surface area is 139 Å². The monoisotopic (exact) mass is 319 g/mol. The van der Waals surface area contributed by atoms with Crippen molar-refractivity contribution in [3.8, 4) is 11.3 Å². The summed E-state index contributed by atoms with van der Waals surface area (Å²) in [4.78, 5) is 20.3. The maximum absolute atomic E-state index is 11.4. The summed E-state index contributed by atoms with van der Waals surface area (Å²) in [5.74, 6) is 0.416. The van der Waals surface area contributed by atoms with Gasteiger partial charge in [-0.3, -0.25) is 10.2 Å². The summed E-state index contributed by atoms with van der Waals surface area (Å²) in [6.07, 6.45) is 1.72. The Morgan fingerprint density at radius 3 is 2.33 bits per heavy atom. The third-order valence-corrected chi connectivity index (χ3v) is 3.32. The van der Waals surface area contributed by atoms with Crippen LogP contribution in [-0.4, -0.2) is 21.4 Å². The lowest BCUT2D eigenvalue weighted by Crippen LogP contribution is -2.19. The van der Waals surface area contributed by atoms with Crippen molar-refractivity contribution < 1.29 is 4.79 Å². The summed E-state index contributed by atoms with van der Waals surface area (Å²) < 4.78 is 1.47. The molecular formula is C18H17N5O. The zero-order chi connectivity index (χ0) is 16.9. The molecule has 0 aliphatic carbocycles. The van der Waals surface area contributed by atoms with E-state index in [1.165, 1.54) is 11.6 Å². The van der Waals surface area contributed by atoms with Gasteiger partial charge in [0.25, 0.3) is 5.95 Å². The molecule has 0 fully saturated rings. The highest BCUT2D eigenvalue weighted by Crippen LogP contribution is 2.21. The molecule has 0 unspecified atom stereocenters. The summed E-state index contributed by atoms with van der Waals surface area (Å²) in [6, 6.07) is 19.1. The number of carbonyl (C=O) groups excluding carboxylic acids is 1. The lowest BCUT2D eigenvalue weighted by molar-refractivity contribution is -0.115. The van der Waals surface area contributed by atoms with Crippen molar-refractivity contribution in [1.29, 1.82) is 0 Å². The van der Waals surface area contributed by atoms with Crippen molar-refractivity contribution in [2.45, 2.75) is 6.92 Å². The number of benzene rings is 2. The topological polar surface area (TPSA) is 85.3 Å². The highest BCUT2D eigenvalue weighted by Gasteiger charge is 2.11. The molecule has 1 aromatic heterocycles. The molecule has 1 heterocycles. The van der Waals surface area contributed by atoms with Gasteiger partial charge in [0.2, 0.25) is 5.91 Å². The number of amidine groups is 1. The van der Waals surface area contributed by atoms with E-state index in [2.05, 4.69) is 15.4 Å². The standard InChI is InChI=1S/C18H17N5O/c1-13(24)22-23-12-16(14-8-4-2-5-9-14)20-18(23)21-17(19)15-10-6-3-7-11-15/h2-12H,1H3,(H,22,24)(H2,19,20,21). The first-order chi connectivity index (χ1) is 11.6. The molecule has 0 radical (unpaired) electrons. The first-order valence-corrected chi connectivity index (χ1v) is 7.45. The Kier molecular flexibility index (Phi) is 4.38. The van der Waals surface area contributed by atoms with E-state index in [1.54, 1.807) is 6.20 Å². The number of hydrogen-bond donors (Lipinski definition) is 2. The molecule has 120 valence electrons. The van der Waals surface area contributed by atoms with E-state index in [-0.39, 0.29) is 5.91 Å². The molecule has 0 saturated carbocycles. The second kappa shape index (κ2) is 6.78. The summed E-state index contributed by atoms with van der Waals surface area (Å²) in [7, 11) is 0. The van der Waals surface area contributed by atoms with E-state index >= 15 is 0 Å². The van der Waals surface area contributed by atoms with Gasteiger partial charge in [0.1, 0.15) is 5.84 Å². The predicted molar refractivity (Wildman–Crippen MR) is 94.5 cm³/mol. The largest absolute Gasteiger partial charge is 0.383 e. The van der Waals surface area contributed by atoms with Crippen LogP contribution in [0, 0.1) is 0 Å². The molecule has 0 spiro atoms. The first kappa shape index (κ1) is 15.5. The average Bonchev–Trinajstić information content (AvgIpc) is 2.98. The van der Waals surface area contributed by atoms with Crippen LogP contribution >= 0.6 is 0 Å². The summed E-state index contributed by atoms with van der Waals surface area (Å²) >= 11 is 0. The normalized spacial score (nSPS) is 11.3. The molecule has 1 amide bonds. The number of rotatable bonds is 4. The van der Waals surface area contributed by atoms with Crippen molar-refractivity contribution in [3.05, 3.63) is 72.4 Å². The van der Waals surface area contributed by atoms with Crippen LogP contribution in [0.4, 0.5) is 5.95 Å². The SMILES string of the molecule is CC(=O)Nn1cc(-c2ccccc2)nc1/N=C(\N)c1ccccc1. The molecule has 0 saturated heterocycles. The highest BCUT2D eigenvalue weighted by molar-refractivity contribution is 5.98. The van der Waals surface area contributed by atoms with Gasteiger partial charge in [0.05, 0.1) is 11.9 Å². The van der Waals surface area contributed by atoms with Gasteiger partial charge in [-0.15, -0.1) is 0 Å². The van der Waals surface area contributed by atoms with Gasteiger partial charge in [-0.1, -0.05) is 60.7 Å². The molecule has 3 rings (SSSR count). The minimum Gasteiger partial charge on any atom is -0.383 e. The summed E-state index contributed by atoms with van der Waals surface area (Å²) in [5.41, 5.74) is 11.1. The number of nitrogens with zero attached hydrogens (tertiary/aromatic N) is 3. The van der Waals surface area contributed by atoms with Gasteiger partial charge in [-0.05, 0) is 0 Å². The zero-order valence-electron chi connectivity index (χ0n) is 13.2. The number of aromatic nitrogens is 2. The van der Waals surface area contributed by atoms with Crippen LogP contribution in [0.15, 0.2) is 71.9 Å². The Balaban J connectivity index is 2.02. The van der Waals surface area contributed by atoms with Crippen LogP contribution in [0.1, 0.15) is 12.5 Å². The van der Waals surface area contributed by atoms with Gasteiger partial charge in [-0.25, -0.2) is 9.66 Å². The van der Waals surface area contributed by atoms with Crippen molar-refractivity contribution in [2.24, 2.45) is 10.7 Å². The Bertz CT molecular complexity index is 869. The molecular weight excluding hydrogens is 302 g/mol. The Morgan fingerprint density at radius 2 is 1.71 bits per heavy atom. The number of hydrogen-bond acceptors (Lipinski definition) is 3. The van der Waals surface area contributed by atoms with Crippen molar-refractivity contribution >= 4 is 17.7 Å². The molecule has 3 aromatic rings. The summed E-state index contributed by atoms with van der Waals surface area (Å²) in [5, 5.41) is 0. The molecule has 6 nitrogen and oxygen atoms in total. The molecule has 2 aromatic carbocycles. The average molecular weight is 319 g/mol. The van der Waals surface area contributed by atoms with Gasteiger partial charge in [-0.2, -0.15) is 4.99 Å². The Hall–Kier alpha value is -3.41. The first-order valence-electron chi connectivity index (χ1n) is 7.45. The van der Waals surface area contributed by atoms with E-state index in [1.807, 2.05) is 60.7 Å². The Morgan fingerprint density at radius 1 is 1.08 bits per heavy atom. The van der Waals surface area contributed by atoms with Crippen LogP contribution in [-0.2, 0) is 4.79 Å². The van der Waals surface area contributed by atoms with E-state index in [4.69, 9.17) is 5.73 Å². The predicted octanol–water partition coefficient (Wildman–Crippen LogP) is 2.68. The van der Waals surface area contributed by atoms with Crippen molar-refractivity contribution in [1.82, 2.24) is 9.66 Å². The van der Waals surface area contributed by atoms with Crippen molar-refractivity contribution in [3.63, 3.8) is 0 Å². The smallest absolute Gasteiger partial charge is 0.251 e. The molecule has 0 aliphatic rings. The second-order valence-electron chi connectivity index (χ2n) is 5.19. The van der Waals surface area contributed by atoms with Gasteiger partial charge in [0, 0.05) is 18.1 Å². The van der Waals surface area contributed by atoms with E-state index < -0.39 is 0 Å². The van der Waals surface area contributed by atoms with Gasteiger partial charge < -0.3 is 5.73 Å². The zero-order valence-corrected chi connectivity index (χ0v) is 13.2. The fraction of sp³-hybridized carbons (Fsp3) is 0.0556. The van der Waals surface area contributed by atoms with E-state index in [0.29, 0.717) is 17.5 Å². The minimum absolute atomic E-state index is 0.221. The lowest BCUT2D eigenvalue weighted by atomic mass is 10.2. The number of amides is 1. The fourth-order valence-electron chi connectivity index (χ4n) is 2.23. The summed E-state index contributed by atoms with van der Waals surface area (Å²) in [6.45, 7) is 1.43. The van der Waals surface area contributed by atoms with Crippen LogP contribution in [0.25, 0.3) is 11.3 Å². The van der Waals surface area contributed by atoms with Gasteiger partial charge in [0.15, 0.2) is 0 Å². The molecule has 0 aliphatic heterocycles. The maximum Gasteiger partial charge on any atom is 0.251 e. The quantitative estimate of drug-likeness (QED) is 0.572. The second-order valence-corrected chi connectivity index (χ2v) is 5.19. The van der Waals surface area contributed by atoms with Crippen molar-refractivity contribution in [2.75, 3.05) is 5.43 Å². The number of carbonyl (C=O) groups is 1. The fourth-order valence-corrected chi connectivity index (χ4v) is 2.23. The third-order valence-electron chi connectivity index (χ3n) is 3.32. The molecule has 24 heavy (non-hydrogen) atoms. The molecule has 0 bridgehead atoms. The van der Waals surface area contributed by atoms with E-state index in [9.17, 15) is 4.79 Å². The van der Waals surface area contributed by atoms with Crippen LogP contribution in [0.5, 0.6) is 0 Å². The lowest BCUT2D eigenvalue weighted by Gasteiger charge is -2.05. The van der Waals surface area contributed by atoms with E-state index in [0.717, 1.165) is 11.1 Å². The molecule has 6 heteroatoms. The highest BCUT2D eigenvalue weighted by atomic mass is 16.2. The van der Waals surface area contributed by atoms with Crippen LogP contribution in [0.3, 0.4) is 0 Å². The molecule has 0 atom stereocenters.